The fourth-order valence-electron chi connectivity index (χ4n) is 2.37. The highest BCUT2D eigenvalue weighted by atomic mass is 16.5. The molecule has 1 atom stereocenters. The Bertz CT molecular complexity index is 569. The lowest BCUT2D eigenvalue weighted by molar-refractivity contribution is 0.285. The van der Waals surface area contributed by atoms with Crippen LogP contribution in [0.2, 0.25) is 0 Å². The highest BCUT2D eigenvalue weighted by Gasteiger charge is 2.09. The van der Waals surface area contributed by atoms with E-state index in [2.05, 4.69) is 49.6 Å². The predicted molar refractivity (Wildman–Crippen MR) is 87.3 cm³/mol. The second-order valence-electron chi connectivity index (χ2n) is 5.45. The number of hydrazine groups is 1. The van der Waals surface area contributed by atoms with Gasteiger partial charge in [-0.15, -0.1) is 0 Å². The third kappa shape index (κ3) is 4.88. The van der Waals surface area contributed by atoms with Crippen molar-refractivity contribution in [3.05, 3.63) is 65.2 Å². The van der Waals surface area contributed by atoms with Crippen molar-refractivity contribution < 1.29 is 4.74 Å². The van der Waals surface area contributed by atoms with E-state index in [9.17, 15) is 0 Å². The molecule has 3 nitrogen and oxygen atoms in total. The van der Waals surface area contributed by atoms with E-state index in [-0.39, 0.29) is 6.04 Å². The third-order valence-electron chi connectivity index (χ3n) is 3.69. The molecule has 0 amide bonds. The Morgan fingerprint density at radius 3 is 2.62 bits per heavy atom. The van der Waals surface area contributed by atoms with E-state index in [1.54, 1.807) is 0 Å². The van der Waals surface area contributed by atoms with Crippen molar-refractivity contribution in [1.29, 1.82) is 0 Å². The zero-order valence-electron chi connectivity index (χ0n) is 12.8. The summed E-state index contributed by atoms with van der Waals surface area (Å²) in [6.07, 6.45) is 1.79. The monoisotopic (exact) mass is 284 g/mol. The maximum absolute atomic E-state index is 5.79. The summed E-state index contributed by atoms with van der Waals surface area (Å²) in [5.41, 5.74) is 6.74. The van der Waals surface area contributed by atoms with Crippen LogP contribution < -0.4 is 16.0 Å². The van der Waals surface area contributed by atoms with Gasteiger partial charge in [-0.25, -0.2) is 0 Å². The molecule has 0 bridgehead atoms. The fourth-order valence-corrected chi connectivity index (χ4v) is 2.37. The molecule has 0 saturated heterocycles. The number of benzene rings is 2. The maximum Gasteiger partial charge on any atom is 0.119 e. The van der Waals surface area contributed by atoms with Gasteiger partial charge in [0.25, 0.3) is 0 Å². The third-order valence-corrected chi connectivity index (χ3v) is 3.69. The van der Waals surface area contributed by atoms with Gasteiger partial charge in [0, 0.05) is 6.04 Å². The average molecular weight is 284 g/mol. The molecule has 112 valence electrons. The quantitative estimate of drug-likeness (QED) is 0.606. The van der Waals surface area contributed by atoms with Gasteiger partial charge in [0.15, 0.2) is 0 Å². The minimum absolute atomic E-state index is 0.218. The van der Waals surface area contributed by atoms with Crippen LogP contribution in [-0.2, 0) is 6.42 Å². The second-order valence-corrected chi connectivity index (χ2v) is 5.45. The summed E-state index contributed by atoms with van der Waals surface area (Å²) in [6, 6.07) is 16.7. The molecule has 1 unspecified atom stereocenters. The smallest absolute Gasteiger partial charge is 0.119 e. The molecule has 0 heterocycles. The molecule has 0 aromatic heterocycles. The Kier molecular flexibility index (Phi) is 5.78. The summed E-state index contributed by atoms with van der Waals surface area (Å²) in [5.74, 6) is 6.59. The van der Waals surface area contributed by atoms with E-state index in [1.807, 2.05) is 18.2 Å². The summed E-state index contributed by atoms with van der Waals surface area (Å²) < 4.78 is 5.79. The first-order valence-electron chi connectivity index (χ1n) is 7.39. The van der Waals surface area contributed by atoms with E-state index in [1.165, 1.54) is 16.7 Å². The van der Waals surface area contributed by atoms with E-state index < -0.39 is 0 Å². The van der Waals surface area contributed by atoms with Crippen LogP contribution in [0.3, 0.4) is 0 Å². The lowest BCUT2D eigenvalue weighted by Crippen LogP contribution is -2.38. The van der Waals surface area contributed by atoms with Crippen LogP contribution in [0.25, 0.3) is 0 Å². The predicted octanol–water partition coefficient (Wildman–Crippen LogP) is 3.15. The van der Waals surface area contributed by atoms with E-state index in [0.29, 0.717) is 6.61 Å². The van der Waals surface area contributed by atoms with Crippen LogP contribution in [0.1, 0.15) is 23.1 Å². The van der Waals surface area contributed by atoms with Crippen molar-refractivity contribution in [2.24, 2.45) is 5.84 Å². The Morgan fingerprint density at radius 1 is 1.10 bits per heavy atom. The molecule has 0 spiro atoms. The highest BCUT2D eigenvalue weighted by Crippen LogP contribution is 2.14. The maximum atomic E-state index is 5.79. The van der Waals surface area contributed by atoms with Gasteiger partial charge in [0.1, 0.15) is 5.75 Å². The van der Waals surface area contributed by atoms with E-state index >= 15 is 0 Å². The minimum atomic E-state index is 0.218. The van der Waals surface area contributed by atoms with Crippen molar-refractivity contribution in [3.8, 4) is 5.75 Å². The number of rotatable bonds is 7. The van der Waals surface area contributed by atoms with E-state index in [4.69, 9.17) is 10.6 Å². The van der Waals surface area contributed by atoms with E-state index in [0.717, 1.165) is 18.6 Å². The molecule has 0 fully saturated rings. The first kappa shape index (κ1) is 15.5. The number of nitrogens with one attached hydrogen (secondary N) is 1. The van der Waals surface area contributed by atoms with Crippen LogP contribution in [0.5, 0.6) is 5.75 Å². The molecule has 3 N–H and O–H groups in total. The molecule has 2 aromatic rings. The van der Waals surface area contributed by atoms with Crippen molar-refractivity contribution in [2.45, 2.75) is 32.7 Å². The van der Waals surface area contributed by atoms with Gasteiger partial charge in [0.2, 0.25) is 0 Å². The highest BCUT2D eigenvalue weighted by molar-refractivity contribution is 5.28. The SMILES string of the molecule is Cc1cccc(OCCC(Cc2ccccc2C)NN)c1. The number of hydrogen-bond donors (Lipinski definition) is 2. The normalized spacial score (nSPS) is 12.1. The van der Waals surface area contributed by atoms with Gasteiger partial charge in [-0.05, 0) is 55.5 Å². The van der Waals surface area contributed by atoms with Gasteiger partial charge in [-0.2, -0.15) is 0 Å². The Balaban J connectivity index is 1.84. The Labute approximate surface area is 127 Å². The summed E-state index contributed by atoms with van der Waals surface area (Å²) in [7, 11) is 0. The minimum Gasteiger partial charge on any atom is -0.494 e. The lowest BCUT2D eigenvalue weighted by atomic mass is 10.00. The molecule has 0 radical (unpaired) electrons. The van der Waals surface area contributed by atoms with Gasteiger partial charge in [0.05, 0.1) is 6.61 Å². The second kappa shape index (κ2) is 7.81. The Morgan fingerprint density at radius 2 is 1.90 bits per heavy atom. The lowest BCUT2D eigenvalue weighted by Gasteiger charge is -2.17. The number of nitrogens with two attached hydrogens (primary N) is 1. The molecule has 0 aliphatic carbocycles. The van der Waals surface area contributed by atoms with Crippen molar-refractivity contribution in [2.75, 3.05) is 6.61 Å². The van der Waals surface area contributed by atoms with Crippen LogP contribution in [-0.4, -0.2) is 12.6 Å². The molecule has 3 heteroatoms. The number of ether oxygens (including phenoxy) is 1. The van der Waals surface area contributed by atoms with Gasteiger partial charge < -0.3 is 4.74 Å². The van der Waals surface area contributed by atoms with Crippen LogP contribution in [0.15, 0.2) is 48.5 Å². The largest absolute Gasteiger partial charge is 0.494 e. The van der Waals surface area contributed by atoms with Crippen LogP contribution >= 0.6 is 0 Å². The molecular weight excluding hydrogens is 260 g/mol. The standard InChI is InChI=1S/C18H24N2O/c1-14-6-5-9-18(12-14)21-11-10-17(20-19)13-16-8-4-3-7-15(16)2/h3-9,12,17,20H,10-11,13,19H2,1-2H3. The van der Waals surface area contributed by atoms with Gasteiger partial charge >= 0.3 is 0 Å². The summed E-state index contributed by atoms with van der Waals surface area (Å²) in [6.45, 7) is 4.85. The van der Waals surface area contributed by atoms with Gasteiger partial charge in [-0.1, -0.05) is 36.4 Å². The van der Waals surface area contributed by atoms with Crippen molar-refractivity contribution in [1.82, 2.24) is 5.43 Å². The van der Waals surface area contributed by atoms with Crippen molar-refractivity contribution >= 4 is 0 Å². The van der Waals surface area contributed by atoms with Crippen LogP contribution in [0, 0.1) is 13.8 Å². The molecule has 2 aromatic carbocycles. The molecule has 21 heavy (non-hydrogen) atoms. The number of aryl methyl sites for hydroxylation is 2. The number of hydrogen-bond acceptors (Lipinski definition) is 3. The zero-order chi connectivity index (χ0) is 15.1. The molecule has 2 rings (SSSR count). The van der Waals surface area contributed by atoms with Gasteiger partial charge in [-0.3, -0.25) is 11.3 Å². The zero-order valence-corrected chi connectivity index (χ0v) is 12.8. The summed E-state index contributed by atoms with van der Waals surface area (Å²) in [4.78, 5) is 0. The first-order valence-corrected chi connectivity index (χ1v) is 7.39. The molecule has 0 aliphatic heterocycles. The average Bonchev–Trinajstić information content (AvgIpc) is 2.48. The molecule has 0 saturated carbocycles. The van der Waals surface area contributed by atoms with Crippen LogP contribution in [0.4, 0.5) is 0 Å². The topological polar surface area (TPSA) is 47.3 Å². The van der Waals surface area contributed by atoms with Crippen molar-refractivity contribution in [3.63, 3.8) is 0 Å². The molecule has 0 aliphatic rings. The molecular formula is C18H24N2O. The fraction of sp³-hybridized carbons (Fsp3) is 0.333. The Hall–Kier alpha value is -1.84. The summed E-state index contributed by atoms with van der Waals surface area (Å²) in [5, 5.41) is 0. The summed E-state index contributed by atoms with van der Waals surface area (Å²) >= 11 is 0. The first-order chi connectivity index (χ1) is 10.2.